The van der Waals surface area contributed by atoms with Crippen molar-refractivity contribution in [2.24, 2.45) is 22.7 Å². The van der Waals surface area contributed by atoms with Crippen LogP contribution >= 0.6 is 0 Å². The van der Waals surface area contributed by atoms with Crippen LogP contribution in [-0.2, 0) is 4.74 Å². The van der Waals surface area contributed by atoms with Crippen molar-refractivity contribution in [1.29, 1.82) is 0 Å². The highest BCUT2D eigenvalue weighted by molar-refractivity contribution is 5.30. The van der Waals surface area contributed by atoms with E-state index in [1.165, 1.54) is 82.6 Å². The summed E-state index contributed by atoms with van der Waals surface area (Å²) in [5.41, 5.74) is 1.98. The van der Waals surface area contributed by atoms with E-state index in [2.05, 4.69) is 65.8 Å². The maximum absolute atomic E-state index is 6.51. The molecule has 2 heteroatoms. The zero-order chi connectivity index (χ0) is 24.6. The average Bonchev–Trinajstić information content (AvgIpc) is 2.78. The minimum absolute atomic E-state index is 0.106. The smallest absolute Gasteiger partial charge is 0.200 e. The third-order valence-electron chi connectivity index (χ3n) is 8.22. The molecule has 2 aliphatic rings. The maximum Gasteiger partial charge on any atom is 0.200 e. The Bertz CT molecular complexity index is 681. The largest absolute Gasteiger partial charge is 0.465 e. The average molecular weight is 471 g/mol. The molecular formula is C32H54O2. The molecule has 3 rings (SSSR count). The van der Waals surface area contributed by atoms with E-state index in [9.17, 15) is 0 Å². The first-order valence-electron chi connectivity index (χ1n) is 14.5. The Morgan fingerprint density at radius 1 is 0.765 bits per heavy atom. The first kappa shape index (κ1) is 27.6. The first-order valence-corrected chi connectivity index (χ1v) is 14.5. The van der Waals surface area contributed by atoms with Crippen LogP contribution in [0.5, 0.6) is 5.75 Å². The van der Waals surface area contributed by atoms with Gasteiger partial charge in [0, 0.05) is 6.42 Å². The fraction of sp³-hybridized carbons (Fsp3) is 0.812. The van der Waals surface area contributed by atoms with Gasteiger partial charge in [0.2, 0.25) is 0 Å². The first-order chi connectivity index (χ1) is 16.1. The molecule has 194 valence electrons. The Hall–Kier alpha value is -1.02. The van der Waals surface area contributed by atoms with Gasteiger partial charge in [-0.25, -0.2) is 0 Å². The van der Waals surface area contributed by atoms with E-state index in [0.717, 1.165) is 30.6 Å². The van der Waals surface area contributed by atoms with Crippen LogP contribution in [0.1, 0.15) is 136 Å². The van der Waals surface area contributed by atoms with E-state index in [1.807, 2.05) is 0 Å². The van der Waals surface area contributed by atoms with E-state index < -0.39 is 0 Å². The zero-order valence-corrected chi connectivity index (χ0v) is 23.3. The maximum atomic E-state index is 6.51. The molecule has 1 aromatic rings. The monoisotopic (exact) mass is 470 g/mol. The summed E-state index contributed by atoms with van der Waals surface area (Å²) in [6.45, 7) is 15.0. The normalized spacial score (nSPS) is 20.8. The molecule has 0 amide bonds. The molecule has 2 unspecified atom stereocenters. The number of benzene rings is 1. The molecule has 0 radical (unpaired) electrons. The molecule has 2 atom stereocenters. The van der Waals surface area contributed by atoms with Crippen molar-refractivity contribution in [3.63, 3.8) is 0 Å². The predicted octanol–water partition coefficient (Wildman–Crippen LogP) is 9.91. The lowest BCUT2D eigenvalue weighted by atomic mass is 9.69. The molecule has 2 fully saturated rings. The van der Waals surface area contributed by atoms with Crippen LogP contribution < -0.4 is 4.74 Å². The van der Waals surface area contributed by atoms with Crippen molar-refractivity contribution in [3.8, 4) is 5.75 Å². The molecule has 0 heterocycles. The highest BCUT2D eigenvalue weighted by atomic mass is 16.7. The molecule has 1 aromatic carbocycles. The lowest BCUT2D eigenvalue weighted by Crippen LogP contribution is -2.26. The van der Waals surface area contributed by atoms with Crippen molar-refractivity contribution >= 4 is 0 Å². The highest BCUT2D eigenvalue weighted by Gasteiger charge is 2.30. The van der Waals surface area contributed by atoms with Crippen LogP contribution in [0.15, 0.2) is 24.3 Å². The van der Waals surface area contributed by atoms with Gasteiger partial charge < -0.3 is 9.47 Å². The Morgan fingerprint density at radius 3 is 1.85 bits per heavy atom. The molecule has 0 spiro atoms. The SMILES string of the molecule is CC(C)(C)CC(c1ccc(OC(CC2CCCCC2)OCCC2CCCCC2)cc1)C(C)(C)C. The third-order valence-corrected chi connectivity index (χ3v) is 8.22. The van der Waals surface area contributed by atoms with Crippen LogP contribution in [0.2, 0.25) is 0 Å². The Labute approximate surface area is 211 Å². The van der Waals surface area contributed by atoms with Crippen LogP contribution in [0.4, 0.5) is 0 Å². The molecule has 0 aromatic heterocycles. The minimum atomic E-state index is -0.106. The third kappa shape index (κ3) is 9.56. The van der Waals surface area contributed by atoms with Crippen molar-refractivity contribution in [2.45, 2.75) is 137 Å². The van der Waals surface area contributed by atoms with Crippen LogP contribution in [0.3, 0.4) is 0 Å². The van der Waals surface area contributed by atoms with Gasteiger partial charge in [0.1, 0.15) is 5.75 Å². The minimum Gasteiger partial charge on any atom is -0.465 e. The van der Waals surface area contributed by atoms with E-state index in [0.29, 0.717) is 11.3 Å². The Balaban J connectivity index is 1.62. The van der Waals surface area contributed by atoms with E-state index in [4.69, 9.17) is 9.47 Å². The van der Waals surface area contributed by atoms with Gasteiger partial charge in [-0.2, -0.15) is 0 Å². The Morgan fingerprint density at radius 2 is 1.32 bits per heavy atom. The lowest BCUT2D eigenvalue weighted by molar-refractivity contribution is -0.0984. The van der Waals surface area contributed by atoms with E-state index >= 15 is 0 Å². The van der Waals surface area contributed by atoms with Crippen LogP contribution in [-0.4, -0.2) is 12.9 Å². The molecule has 2 saturated carbocycles. The molecule has 0 N–H and O–H groups in total. The highest BCUT2D eigenvalue weighted by Crippen LogP contribution is 2.43. The summed E-state index contributed by atoms with van der Waals surface area (Å²) in [5.74, 6) is 3.11. The molecule has 2 aliphatic carbocycles. The molecule has 0 saturated heterocycles. The van der Waals surface area contributed by atoms with Gasteiger partial charge in [-0.3, -0.25) is 0 Å². The molecule has 34 heavy (non-hydrogen) atoms. The second kappa shape index (κ2) is 12.8. The van der Waals surface area contributed by atoms with Gasteiger partial charge in [-0.15, -0.1) is 0 Å². The zero-order valence-electron chi connectivity index (χ0n) is 23.3. The van der Waals surface area contributed by atoms with Gasteiger partial charge >= 0.3 is 0 Å². The predicted molar refractivity (Wildman–Crippen MR) is 145 cm³/mol. The summed E-state index contributed by atoms with van der Waals surface area (Å²) in [4.78, 5) is 0. The quantitative estimate of drug-likeness (QED) is 0.317. The topological polar surface area (TPSA) is 18.5 Å². The number of ether oxygens (including phenoxy) is 2. The van der Waals surface area contributed by atoms with Crippen molar-refractivity contribution < 1.29 is 9.47 Å². The van der Waals surface area contributed by atoms with E-state index in [1.54, 1.807) is 0 Å². The van der Waals surface area contributed by atoms with E-state index in [-0.39, 0.29) is 11.7 Å². The van der Waals surface area contributed by atoms with Gasteiger partial charge in [0.25, 0.3) is 0 Å². The van der Waals surface area contributed by atoms with Crippen molar-refractivity contribution in [3.05, 3.63) is 29.8 Å². The summed E-state index contributed by atoms with van der Waals surface area (Å²) in [5, 5.41) is 0. The van der Waals surface area contributed by atoms with Crippen molar-refractivity contribution in [1.82, 2.24) is 0 Å². The second-order valence-corrected chi connectivity index (χ2v) is 13.7. The van der Waals surface area contributed by atoms with Gasteiger partial charge in [0.05, 0.1) is 6.61 Å². The van der Waals surface area contributed by atoms with Crippen LogP contribution in [0.25, 0.3) is 0 Å². The Kier molecular flexibility index (Phi) is 10.4. The van der Waals surface area contributed by atoms with Crippen LogP contribution in [0, 0.1) is 22.7 Å². The standard InChI is InChI=1S/C32H54O2/c1-31(2,3)24-29(32(4,5)6)27-17-19-28(20-18-27)34-30(23-26-15-11-8-12-16-26)33-22-21-25-13-9-7-10-14-25/h17-20,25-26,29-30H,7-16,21-24H2,1-6H3. The number of rotatable bonds is 10. The van der Waals surface area contributed by atoms with Gasteiger partial charge in [-0.05, 0) is 59.1 Å². The second-order valence-electron chi connectivity index (χ2n) is 13.7. The van der Waals surface area contributed by atoms with Gasteiger partial charge in [-0.1, -0.05) is 118 Å². The summed E-state index contributed by atoms with van der Waals surface area (Å²) in [6.07, 6.45) is 17.2. The molecule has 0 aliphatic heterocycles. The summed E-state index contributed by atoms with van der Waals surface area (Å²) < 4.78 is 12.9. The lowest BCUT2D eigenvalue weighted by Gasteiger charge is -2.36. The summed E-state index contributed by atoms with van der Waals surface area (Å²) in [7, 11) is 0. The fourth-order valence-corrected chi connectivity index (χ4v) is 6.15. The molecule has 2 nitrogen and oxygen atoms in total. The number of hydrogen-bond donors (Lipinski definition) is 0. The molecular weight excluding hydrogens is 416 g/mol. The number of hydrogen-bond acceptors (Lipinski definition) is 2. The summed E-state index contributed by atoms with van der Waals surface area (Å²) in [6, 6.07) is 8.98. The van der Waals surface area contributed by atoms with Crippen molar-refractivity contribution in [2.75, 3.05) is 6.61 Å². The summed E-state index contributed by atoms with van der Waals surface area (Å²) >= 11 is 0. The molecule has 0 bridgehead atoms. The van der Waals surface area contributed by atoms with Gasteiger partial charge in [0.15, 0.2) is 6.29 Å². The fourth-order valence-electron chi connectivity index (χ4n) is 6.15.